The molecule has 0 fully saturated rings. The average molecular weight is 323 g/mol. The highest BCUT2D eigenvalue weighted by Gasteiger charge is 2.20. The van der Waals surface area contributed by atoms with Crippen molar-refractivity contribution in [2.24, 2.45) is 0 Å². The number of carbonyl (C=O) groups is 1. The van der Waals surface area contributed by atoms with Crippen LogP contribution in [0.25, 0.3) is 0 Å². The third kappa shape index (κ3) is 3.60. The first kappa shape index (κ1) is 15.7. The van der Waals surface area contributed by atoms with Gasteiger partial charge in [-0.1, -0.05) is 22.9 Å². The van der Waals surface area contributed by atoms with Crippen LogP contribution in [0.4, 0.5) is 5.69 Å². The minimum atomic E-state index is -0.347. The van der Waals surface area contributed by atoms with E-state index in [2.05, 4.69) is 15.5 Å². The number of rotatable bonds is 5. The van der Waals surface area contributed by atoms with Gasteiger partial charge in [0.2, 0.25) is 0 Å². The minimum absolute atomic E-state index is 0.206. The molecule has 0 saturated carbocycles. The molecule has 0 spiro atoms. The Kier molecular flexibility index (Phi) is 4.56. The second-order valence-electron chi connectivity index (χ2n) is 5.36. The molecule has 0 radical (unpaired) electrons. The van der Waals surface area contributed by atoms with Crippen molar-refractivity contribution >= 4 is 11.6 Å². The van der Waals surface area contributed by atoms with Crippen molar-refractivity contribution in [1.82, 2.24) is 10.1 Å². The number of hydrogen-bond acceptors (Lipinski definition) is 5. The van der Waals surface area contributed by atoms with E-state index in [1.165, 1.54) is 0 Å². The maximum atomic E-state index is 12.4. The number of amides is 1. The summed E-state index contributed by atoms with van der Waals surface area (Å²) in [5, 5.41) is 6.62. The predicted octanol–water partition coefficient (Wildman–Crippen LogP) is 3.52. The van der Waals surface area contributed by atoms with Crippen molar-refractivity contribution in [2.75, 3.05) is 5.32 Å². The molecule has 122 valence electrons. The molecule has 0 bridgehead atoms. The number of anilines is 1. The zero-order valence-electron chi connectivity index (χ0n) is 13.4. The van der Waals surface area contributed by atoms with Gasteiger partial charge in [0.15, 0.2) is 5.69 Å². The number of carbonyl (C=O) groups excluding carboxylic acids is 1. The summed E-state index contributed by atoms with van der Waals surface area (Å²) in [5.41, 5.74) is 2.64. The average Bonchev–Trinajstić information content (AvgIpc) is 2.96. The molecule has 0 aliphatic heterocycles. The first-order valence-electron chi connectivity index (χ1n) is 7.49. The number of aryl methyl sites for hydroxylation is 2. The Labute approximate surface area is 139 Å². The minimum Gasteiger partial charge on any atom is -0.489 e. The highest BCUT2D eigenvalue weighted by molar-refractivity contribution is 6.03. The monoisotopic (exact) mass is 323 g/mol. The van der Waals surface area contributed by atoms with E-state index in [0.717, 1.165) is 11.3 Å². The molecule has 2 heterocycles. The van der Waals surface area contributed by atoms with Crippen LogP contribution in [0.2, 0.25) is 0 Å². The maximum absolute atomic E-state index is 12.4. The van der Waals surface area contributed by atoms with Crippen LogP contribution in [0, 0.1) is 13.8 Å². The van der Waals surface area contributed by atoms with Gasteiger partial charge in [0.25, 0.3) is 5.91 Å². The van der Waals surface area contributed by atoms with Gasteiger partial charge in [0, 0.05) is 18.1 Å². The molecule has 1 amide bonds. The summed E-state index contributed by atoms with van der Waals surface area (Å²) in [7, 11) is 0. The Morgan fingerprint density at radius 3 is 2.54 bits per heavy atom. The van der Waals surface area contributed by atoms with Crippen LogP contribution >= 0.6 is 0 Å². The molecule has 3 aromatic rings. The summed E-state index contributed by atoms with van der Waals surface area (Å²) in [6.45, 7) is 3.97. The number of nitrogens with one attached hydrogen (secondary N) is 1. The van der Waals surface area contributed by atoms with Crippen molar-refractivity contribution in [2.45, 2.75) is 20.5 Å². The molecule has 6 heteroatoms. The van der Waals surface area contributed by atoms with Gasteiger partial charge in [0.1, 0.15) is 18.1 Å². The highest BCUT2D eigenvalue weighted by atomic mass is 16.5. The fourth-order valence-electron chi connectivity index (χ4n) is 2.16. The number of hydrogen-bond donors (Lipinski definition) is 1. The van der Waals surface area contributed by atoms with Crippen LogP contribution < -0.4 is 10.1 Å². The van der Waals surface area contributed by atoms with Gasteiger partial charge < -0.3 is 14.6 Å². The number of pyridine rings is 1. The van der Waals surface area contributed by atoms with E-state index in [0.29, 0.717) is 17.0 Å². The highest BCUT2D eigenvalue weighted by Crippen LogP contribution is 2.19. The number of ether oxygens (including phenoxy) is 1. The Balaban J connectivity index is 1.73. The molecule has 1 N–H and O–H groups in total. The van der Waals surface area contributed by atoms with Crippen LogP contribution in [0.3, 0.4) is 0 Å². The molecular weight excluding hydrogens is 306 g/mol. The predicted molar refractivity (Wildman–Crippen MR) is 88.9 cm³/mol. The van der Waals surface area contributed by atoms with Crippen LogP contribution in [-0.2, 0) is 6.61 Å². The lowest BCUT2D eigenvalue weighted by Gasteiger charge is -2.07. The van der Waals surface area contributed by atoms with Gasteiger partial charge in [-0.3, -0.25) is 9.78 Å². The maximum Gasteiger partial charge on any atom is 0.278 e. The van der Waals surface area contributed by atoms with Gasteiger partial charge >= 0.3 is 0 Å². The van der Waals surface area contributed by atoms with Crippen molar-refractivity contribution < 1.29 is 14.1 Å². The van der Waals surface area contributed by atoms with Gasteiger partial charge in [0.05, 0.1) is 5.56 Å². The summed E-state index contributed by atoms with van der Waals surface area (Å²) in [5.74, 6) is 0.934. The van der Waals surface area contributed by atoms with E-state index in [1.807, 2.05) is 31.2 Å². The molecule has 0 aliphatic carbocycles. The fourth-order valence-corrected chi connectivity index (χ4v) is 2.16. The molecular formula is C18H17N3O3. The summed E-state index contributed by atoms with van der Waals surface area (Å²) >= 11 is 0. The smallest absolute Gasteiger partial charge is 0.278 e. The van der Waals surface area contributed by atoms with Gasteiger partial charge in [-0.25, -0.2) is 0 Å². The third-order valence-electron chi connectivity index (χ3n) is 3.54. The van der Waals surface area contributed by atoms with E-state index in [1.54, 1.807) is 31.5 Å². The summed E-state index contributed by atoms with van der Waals surface area (Å²) in [6, 6.07) is 11.1. The van der Waals surface area contributed by atoms with E-state index in [9.17, 15) is 4.79 Å². The van der Waals surface area contributed by atoms with E-state index >= 15 is 0 Å². The SMILES string of the molecule is Cc1ccc(OCc2c(C(=O)Nc3ccncc3)noc2C)cc1. The molecule has 24 heavy (non-hydrogen) atoms. The molecule has 2 aromatic heterocycles. The zero-order chi connectivity index (χ0) is 16.9. The second-order valence-corrected chi connectivity index (χ2v) is 5.36. The molecule has 3 rings (SSSR count). The summed E-state index contributed by atoms with van der Waals surface area (Å²) in [6.07, 6.45) is 3.20. The summed E-state index contributed by atoms with van der Waals surface area (Å²) in [4.78, 5) is 16.3. The van der Waals surface area contributed by atoms with Crippen LogP contribution in [0.15, 0.2) is 53.3 Å². The van der Waals surface area contributed by atoms with Crippen LogP contribution in [0.1, 0.15) is 27.4 Å². The van der Waals surface area contributed by atoms with Crippen LogP contribution in [-0.4, -0.2) is 16.0 Å². The van der Waals surface area contributed by atoms with Crippen molar-refractivity contribution in [1.29, 1.82) is 0 Å². The molecule has 1 aromatic carbocycles. The largest absolute Gasteiger partial charge is 0.489 e. The zero-order valence-corrected chi connectivity index (χ0v) is 13.4. The first-order chi connectivity index (χ1) is 11.6. The van der Waals surface area contributed by atoms with Crippen LogP contribution in [0.5, 0.6) is 5.75 Å². The lowest BCUT2D eigenvalue weighted by Crippen LogP contribution is -2.15. The molecule has 0 atom stereocenters. The standard InChI is InChI=1S/C18H17N3O3/c1-12-3-5-15(6-4-12)23-11-16-13(2)24-21-17(16)18(22)20-14-7-9-19-10-8-14/h3-10H,11H2,1-2H3,(H,19,20,22). The van der Waals surface area contributed by atoms with Gasteiger partial charge in [-0.05, 0) is 38.1 Å². The van der Waals surface area contributed by atoms with Crippen molar-refractivity contribution in [3.05, 3.63) is 71.4 Å². The molecule has 0 saturated heterocycles. The molecule has 6 nitrogen and oxygen atoms in total. The lowest BCUT2D eigenvalue weighted by atomic mass is 10.2. The summed E-state index contributed by atoms with van der Waals surface area (Å²) < 4.78 is 10.9. The lowest BCUT2D eigenvalue weighted by molar-refractivity contribution is 0.101. The third-order valence-corrected chi connectivity index (χ3v) is 3.54. The second kappa shape index (κ2) is 6.95. The van der Waals surface area contributed by atoms with E-state index in [4.69, 9.17) is 9.26 Å². The normalized spacial score (nSPS) is 10.4. The number of aromatic nitrogens is 2. The van der Waals surface area contributed by atoms with Gasteiger partial charge in [-0.2, -0.15) is 0 Å². The Morgan fingerprint density at radius 1 is 1.12 bits per heavy atom. The fraction of sp³-hybridized carbons (Fsp3) is 0.167. The molecule has 0 aliphatic rings. The van der Waals surface area contributed by atoms with E-state index < -0.39 is 0 Å². The topological polar surface area (TPSA) is 77.2 Å². The van der Waals surface area contributed by atoms with Crippen molar-refractivity contribution in [3.8, 4) is 5.75 Å². The Bertz CT molecular complexity index is 826. The first-order valence-corrected chi connectivity index (χ1v) is 7.49. The number of benzene rings is 1. The Hall–Kier alpha value is -3.15. The molecule has 0 unspecified atom stereocenters. The Morgan fingerprint density at radius 2 is 1.83 bits per heavy atom. The van der Waals surface area contributed by atoms with E-state index in [-0.39, 0.29) is 18.2 Å². The number of nitrogens with zero attached hydrogens (tertiary/aromatic N) is 2. The van der Waals surface area contributed by atoms with Crippen molar-refractivity contribution in [3.63, 3.8) is 0 Å². The quantitative estimate of drug-likeness (QED) is 0.777. The van der Waals surface area contributed by atoms with Gasteiger partial charge in [-0.15, -0.1) is 0 Å².